The third-order valence-corrected chi connectivity index (χ3v) is 3.22. The van der Waals surface area contributed by atoms with Gasteiger partial charge in [0.15, 0.2) is 0 Å². The standard InChI is InChI=1S/C19H18O4/c1-2-8-15(13-14-9-4-3-5-10-14)23-19(22)17-12-7-6-11-16(17)18(20)21/h3-7,9-13H,2,8H2,1H3,(H,20,21). The van der Waals surface area contributed by atoms with E-state index in [0.717, 1.165) is 12.0 Å². The second-order valence-electron chi connectivity index (χ2n) is 5.01. The van der Waals surface area contributed by atoms with Crippen molar-refractivity contribution in [3.63, 3.8) is 0 Å². The summed E-state index contributed by atoms with van der Waals surface area (Å²) in [6, 6.07) is 15.6. The van der Waals surface area contributed by atoms with Crippen molar-refractivity contribution in [1.82, 2.24) is 0 Å². The Labute approximate surface area is 135 Å². The van der Waals surface area contributed by atoms with Crippen LogP contribution in [0, 0.1) is 0 Å². The first kappa shape index (κ1) is 16.5. The van der Waals surface area contributed by atoms with Crippen LogP contribution in [0.3, 0.4) is 0 Å². The Hall–Kier alpha value is -2.88. The molecule has 0 aliphatic heterocycles. The molecule has 0 radical (unpaired) electrons. The molecular weight excluding hydrogens is 292 g/mol. The summed E-state index contributed by atoms with van der Waals surface area (Å²) in [7, 11) is 0. The molecule has 2 aromatic rings. The van der Waals surface area contributed by atoms with E-state index in [1.807, 2.05) is 37.3 Å². The highest BCUT2D eigenvalue weighted by atomic mass is 16.5. The van der Waals surface area contributed by atoms with Gasteiger partial charge in [0.25, 0.3) is 0 Å². The molecule has 0 spiro atoms. The summed E-state index contributed by atoms with van der Waals surface area (Å²) in [5.41, 5.74) is 0.915. The molecule has 0 heterocycles. The van der Waals surface area contributed by atoms with Gasteiger partial charge in [-0.3, -0.25) is 0 Å². The number of hydrogen-bond acceptors (Lipinski definition) is 3. The number of carbonyl (C=O) groups is 2. The Balaban J connectivity index is 2.25. The molecule has 0 aliphatic rings. The van der Waals surface area contributed by atoms with Gasteiger partial charge >= 0.3 is 11.9 Å². The summed E-state index contributed by atoms with van der Waals surface area (Å²) in [6.07, 6.45) is 3.20. The number of allylic oxidation sites excluding steroid dienone is 1. The van der Waals surface area contributed by atoms with E-state index in [1.54, 1.807) is 18.2 Å². The van der Waals surface area contributed by atoms with Crippen molar-refractivity contribution in [3.05, 3.63) is 77.0 Å². The highest BCUT2D eigenvalue weighted by molar-refractivity contribution is 6.02. The SMILES string of the molecule is CCCC(=Cc1ccccc1)OC(=O)c1ccccc1C(=O)O. The van der Waals surface area contributed by atoms with E-state index >= 15 is 0 Å². The van der Waals surface area contributed by atoms with Gasteiger partial charge < -0.3 is 9.84 Å². The monoisotopic (exact) mass is 310 g/mol. The van der Waals surface area contributed by atoms with Crippen molar-refractivity contribution < 1.29 is 19.4 Å². The van der Waals surface area contributed by atoms with Crippen LogP contribution in [0.4, 0.5) is 0 Å². The van der Waals surface area contributed by atoms with Crippen LogP contribution in [-0.2, 0) is 4.74 Å². The maximum atomic E-state index is 12.3. The molecule has 0 bridgehead atoms. The van der Waals surface area contributed by atoms with Crippen LogP contribution < -0.4 is 0 Å². The van der Waals surface area contributed by atoms with Gasteiger partial charge in [0.05, 0.1) is 11.1 Å². The predicted molar refractivity (Wildman–Crippen MR) is 88.1 cm³/mol. The topological polar surface area (TPSA) is 63.6 Å². The summed E-state index contributed by atoms with van der Waals surface area (Å²) >= 11 is 0. The lowest BCUT2D eigenvalue weighted by Crippen LogP contribution is -2.11. The number of aromatic carboxylic acids is 1. The van der Waals surface area contributed by atoms with Crippen LogP contribution in [0.25, 0.3) is 6.08 Å². The molecule has 1 N–H and O–H groups in total. The molecule has 118 valence electrons. The quantitative estimate of drug-likeness (QED) is 0.635. The second-order valence-corrected chi connectivity index (χ2v) is 5.01. The zero-order valence-electron chi connectivity index (χ0n) is 12.9. The fourth-order valence-corrected chi connectivity index (χ4v) is 2.16. The predicted octanol–water partition coefficient (Wildman–Crippen LogP) is 4.38. The summed E-state index contributed by atoms with van der Waals surface area (Å²) in [5.74, 6) is -1.29. The average molecular weight is 310 g/mol. The van der Waals surface area contributed by atoms with E-state index < -0.39 is 11.9 Å². The van der Waals surface area contributed by atoms with E-state index in [9.17, 15) is 9.59 Å². The molecule has 0 aromatic heterocycles. The first-order valence-corrected chi connectivity index (χ1v) is 7.42. The molecule has 0 atom stereocenters. The van der Waals surface area contributed by atoms with Gasteiger partial charge in [-0.05, 0) is 30.2 Å². The molecular formula is C19H18O4. The largest absolute Gasteiger partial charge is 0.478 e. The lowest BCUT2D eigenvalue weighted by Gasteiger charge is -2.10. The van der Waals surface area contributed by atoms with Crippen LogP contribution >= 0.6 is 0 Å². The number of ether oxygens (including phenoxy) is 1. The lowest BCUT2D eigenvalue weighted by molar-refractivity contribution is 0.0597. The third-order valence-electron chi connectivity index (χ3n) is 3.22. The minimum atomic E-state index is -1.15. The number of rotatable bonds is 6. The van der Waals surface area contributed by atoms with Crippen LogP contribution in [0.5, 0.6) is 0 Å². The first-order chi connectivity index (χ1) is 11.1. The summed E-state index contributed by atoms with van der Waals surface area (Å²) in [6.45, 7) is 1.98. The molecule has 4 heteroatoms. The molecule has 0 unspecified atom stereocenters. The van der Waals surface area contributed by atoms with Gasteiger partial charge in [0, 0.05) is 6.42 Å². The van der Waals surface area contributed by atoms with Crippen molar-refractivity contribution in [1.29, 1.82) is 0 Å². The minimum absolute atomic E-state index is 0.0510. The van der Waals surface area contributed by atoms with Crippen molar-refractivity contribution >= 4 is 18.0 Å². The number of carboxylic acid groups (broad SMARTS) is 1. The lowest BCUT2D eigenvalue weighted by atomic mass is 10.1. The zero-order valence-corrected chi connectivity index (χ0v) is 12.9. The second kappa shape index (κ2) is 7.94. The summed E-state index contributed by atoms with van der Waals surface area (Å²) < 4.78 is 5.43. The Morgan fingerprint density at radius 3 is 2.22 bits per heavy atom. The smallest absolute Gasteiger partial charge is 0.344 e. The Bertz CT molecular complexity index is 717. The molecule has 0 fully saturated rings. The number of esters is 1. The van der Waals surface area contributed by atoms with E-state index in [1.165, 1.54) is 12.1 Å². The van der Waals surface area contributed by atoms with E-state index in [2.05, 4.69) is 0 Å². The van der Waals surface area contributed by atoms with Crippen LogP contribution in [-0.4, -0.2) is 17.0 Å². The first-order valence-electron chi connectivity index (χ1n) is 7.42. The van der Waals surface area contributed by atoms with Gasteiger partial charge in [-0.2, -0.15) is 0 Å². The van der Waals surface area contributed by atoms with Gasteiger partial charge in [0.1, 0.15) is 5.76 Å². The molecule has 0 saturated carbocycles. The minimum Gasteiger partial charge on any atom is -0.478 e. The molecule has 4 nitrogen and oxygen atoms in total. The summed E-state index contributed by atoms with van der Waals surface area (Å²) in [5, 5.41) is 9.16. The maximum absolute atomic E-state index is 12.3. The van der Waals surface area contributed by atoms with Gasteiger partial charge in [-0.15, -0.1) is 0 Å². The molecule has 23 heavy (non-hydrogen) atoms. The number of benzene rings is 2. The molecule has 0 saturated heterocycles. The van der Waals surface area contributed by atoms with Gasteiger partial charge in [-0.1, -0.05) is 49.4 Å². The van der Waals surface area contributed by atoms with Crippen LogP contribution in [0.2, 0.25) is 0 Å². The Kier molecular flexibility index (Phi) is 5.69. The number of hydrogen-bond donors (Lipinski definition) is 1. The molecule has 2 rings (SSSR count). The highest BCUT2D eigenvalue weighted by Gasteiger charge is 2.18. The molecule has 0 aliphatic carbocycles. The fourth-order valence-electron chi connectivity index (χ4n) is 2.16. The molecule has 0 amide bonds. The average Bonchev–Trinajstić information content (AvgIpc) is 2.56. The molecule has 2 aromatic carbocycles. The number of carbonyl (C=O) groups excluding carboxylic acids is 1. The zero-order chi connectivity index (χ0) is 16.7. The third kappa shape index (κ3) is 4.54. The van der Waals surface area contributed by atoms with Crippen molar-refractivity contribution in [2.24, 2.45) is 0 Å². The van der Waals surface area contributed by atoms with E-state index in [4.69, 9.17) is 9.84 Å². The van der Waals surface area contributed by atoms with Crippen LogP contribution in [0.1, 0.15) is 46.0 Å². The number of carboxylic acids is 1. The Morgan fingerprint density at radius 1 is 1.00 bits per heavy atom. The van der Waals surface area contributed by atoms with Crippen molar-refractivity contribution in [2.45, 2.75) is 19.8 Å². The van der Waals surface area contributed by atoms with E-state index in [0.29, 0.717) is 12.2 Å². The Morgan fingerprint density at radius 2 is 1.61 bits per heavy atom. The van der Waals surface area contributed by atoms with Crippen molar-refractivity contribution in [3.8, 4) is 0 Å². The van der Waals surface area contributed by atoms with Crippen LogP contribution in [0.15, 0.2) is 60.4 Å². The highest BCUT2D eigenvalue weighted by Crippen LogP contribution is 2.17. The van der Waals surface area contributed by atoms with Crippen molar-refractivity contribution in [2.75, 3.05) is 0 Å². The van der Waals surface area contributed by atoms with Gasteiger partial charge in [-0.25, -0.2) is 9.59 Å². The maximum Gasteiger partial charge on any atom is 0.344 e. The fraction of sp³-hybridized carbons (Fsp3) is 0.158. The normalized spacial score (nSPS) is 11.1. The van der Waals surface area contributed by atoms with E-state index in [-0.39, 0.29) is 11.1 Å². The summed E-state index contributed by atoms with van der Waals surface area (Å²) in [4.78, 5) is 23.5. The van der Waals surface area contributed by atoms with Gasteiger partial charge in [0.2, 0.25) is 0 Å².